The smallest absolute Gasteiger partial charge is 0.0946 e. The van der Waals surface area contributed by atoms with E-state index in [1.54, 1.807) is 12.5 Å². The molecular weight excluding hydrogens is 100 g/mol. The van der Waals surface area contributed by atoms with Crippen molar-refractivity contribution < 1.29 is 4.55 Å². The Balaban J connectivity index is 0. The largest absolute Gasteiger partial charge is 0.617 e. The first-order valence-corrected chi connectivity index (χ1v) is 3.28. The van der Waals surface area contributed by atoms with Crippen LogP contribution < -0.4 is 11.7 Å². The predicted octanol–water partition coefficient (Wildman–Crippen LogP) is -1.19. The zero-order valence-electron chi connectivity index (χ0n) is 3.97. The van der Waals surface area contributed by atoms with Gasteiger partial charge in [-0.1, -0.05) is 11.2 Å². The molecule has 0 rings (SSSR count). The van der Waals surface area contributed by atoms with Crippen LogP contribution in [0.25, 0.3) is 0 Å². The van der Waals surface area contributed by atoms with Crippen LogP contribution in [0.4, 0.5) is 0 Å². The van der Waals surface area contributed by atoms with Crippen LogP contribution in [0.5, 0.6) is 0 Å². The monoisotopic (exact) mass is 110 g/mol. The predicted molar refractivity (Wildman–Crippen MR) is 28.4 cm³/mol. The first-order valence-electron chi connectivity index (χ1n) is 1.32. The third-order valence-electron chi connectivity index (χ3n) is 0. The topological polar surface area (TPSA) is 75.1 Å². The van der Waals surface area contributed by atoms with Gasteiger partial charge in [0.05, 0.1) is 12.5 Å². The Bertz CT molecular complexity index is 16.3. The van der Waals surface area contributed by atoms with Crippen LogP contribution in [0.15, 0.2) is 0 Å². The second kappa shape index (κ2) is 8.97. The molecule has 0 aliphatic rings. The van der Waals surface area contributed by atoms with Crippen molar-refractivity contribution in [3.8, 4) is 0 Å². The summed E-state index contributed by atoms with van der Waals surface area (Å²) in [5.41, 5.74) is 0. The van der Waals surface area contributed by atoms with E-state index in [9.17, 15) is 4.55 Å². The Morgan fingerprint density at radius 1 is 1.33 bits per heavy atom. The van der Waals surface area contributed by atoms with E-state index in [-0.39, 0.29) is 0 Å². The van der Waals surface area contributed by atoms with Crippen LogP contribution in [-0.2, 0) is 11.2 Å². The highest BCUT2D eigenvalue weighted by Crippen LogP contribution is 1.61. The molecule has 4 N–H and O–H groups in total. The van der Waals surface area contributed by atoms with Crippen molar-refractivity contribution in [2.24, 2.45) is 11.7 Å². The van der Waals surface area contributed by atoms with Gasteiger partial charge >= 0.3 is 0 Å². The average molecular weight is 110 g/mol. The molecule has 0 unspecified atom stereocenters. The van der Waals surface area contributed by atoms with Gasteiger partial charge in [0, 0.05) is 0 Å². The maximum atomic E-state index is 9.56. The molecule has 0 fully saturated rings. The summed E-state index contributed by atoms with van der Waals surface area (Å²) in [4.78, 5) is 0. The number of hydrazine groups is 1. The minimum Gasteiger partial charge on any atom is -0.617 e. The summed E-state index contributed by atoms with van der Waals surface area (Å²) in [6.07, 6.45) is 3.28. The Morgan fingerprint density at radius 2 is 1.33 bits per heavy atom. The first kappa shape index (κ1) is 9.52. The lowest BCUT2D eigenvalue weighted by Crippen LogP contribution is -2.02. The minimum absolute atomic E-state index is 0.611. The van der Waals surface area contributed by atoms with E-state index in [4.69, 9.17) is 0 Å². The fourth-order valence-corrected chi connectivity index (χ4v) is 0. The SMILES string of the molecule is C[S+](C)[O-].NN. The summed E-state index contributed by atoms with van der Waals surface area (Å²) in [5, 5.41) is 0. The van der Waals surface area contributed by atoms with E-state index < -0.39 is 11.2 Å². The van der Waals surface area contributed by atoms with Gasteiger partial charge in [0.2, 0.25) is 0 Å². The summed E-state index contributed by atoms with van der Waals surface area (Å²) >= 11 is -0.611. The fraction of sp³-hybridized carbons (Fsp3) is 1.00. The lowest BCUT2D eigenvalue weighted by Gasteiger charge is -1.87. The molecule has 0 aliphatic carbocycles. The molecule has 0 spiro atoms. The molecule has 0 aromatic heterocycles. The van der Waals surface area contributed by atoms with Crippen molar-refractivity contribution in [2.75, 3.05) is 12.5 Å². The molecule has 0 bridgehead atoms. The highest BCUT2D eigenvalue weighted by Gasteiger charge is 1.66. The van der Waals surface area contributed by atoms with Gasteiger partial charge in [-0.3, -0.25) is 11.7 Å². The van der Waals surface area contributed by atoms with Gasteiger partial charge < -0.3 is 4.55 Å². The van der Waals surface area contributed by atoms with Crippen LogP contribution in [0.3, 0.4) is 0 Å². The van der Waals surface area contributed by atoms with Crippen molar-refractivity contribution in [3.63, 3.8) is 0 Å². The van der Waals surface area contributed by atoms with E-state index in [1.807, 2.05) is 0 Å². The van der Waals surface area contributed by atoms with Crippen LogP contribution in [0.1, 0.15) is 0 Å². The first-order chi connectivity index (χ1) is 2.73. The summed E-state index contributed by atoms with van der Waals surface area (Å²) < 4.78 is 9.56. The molecule has 0 saturated carbocycles. The Hall–Kier alpha value is 0.230. The molecular formula is C2H10N2OS. The molecule has 40 valence electrons. The molecule has 0 saturated heterocycles. The maximum Gasteiger partial charge on any atom is 0.0946 e. The van der Waals surface area contributed by atoms with E-state index in [1.165, 1.54) is 0 Å². The molecule has 3 nitrogen and oxygen atoms in total. The molecule has 0 amide bonds. The van der Waals surface area contributed by atoms with Crippen molar-refractivity contribution >= 4 is 11.2 Å². The second-order valence-corrected chi connectivity index (χ2v) is 2.22. The Labute approximate surface area is 40.9 Å². The quantitative estimate of drug-likeness (QED) is 0.234. The van der Waals surface area contributed by atoms with E-state index in [0.29, 0.717) is 0 Å². The highest BCUT2D eigenvalue weighted by molar-refractivity contribution is 7.89. The van der Waals surface area contributed by atoms with Crippen molar-refractivity contribution in [1.29, 1.82) is 0 Å². The third-order valence-corrected chi connectivity index (χ3v) is 0. The Kier molecular flexibility index (Phi) is 14.2. The molecule has 0 aromatic carbocycles. The lowest BCUT2D eigenvalue weighted by molar-refractivity contribution is 0.606. The van der Waals surface area contributed by atoms with Crippen LogP contribution >= 0.6 is 0 Å². The van der Waals surface area contributed by atoms with E-state index >= 15 is 0 Å². The molecule has 0 atom stereocenters. The molecule has 6 heavy (non-hydrogen) atoms. The molecule has 0 aromatic rings. The van der Waals surface area contributed by atoms with Crippen LogP contribution in [0, 0.1) is 0 Å². The van der Waals surface area contributed by atoms with Gasteiger partial charge in [-0.05, 0) is 0 Å². The number of nitrogens with two attached hydrogens (primary N) is 2. The standard InChI is InChI=1S/C2H6OS.H4N2/c1-4(2)3;1-2/h1-2H3;1-2H2. The normalized spacial score (nSPS) is 7.00. The summed E-state index contributed by atoms with van der Waals surface area (Å²) in [7, 11) is 0. The fourth-order valence-electron chi connectivity index (χ4n) is 0. The molecule has 4 heteroatoms. The minimum atomic E-state index is -0.611. The van der Waals surface area contributed by atoms with Gasteiger partial charge in [0.15, 0.2) is 0 Å². The average Bonchev–Trinajstić information content (AvgIpc) is 1.41. The lowest BCUT2D eigenvalue weighted by atomic mass is 11.9. The van der Waals surface area contributed by atoms with Gasteiger partial charge in [0.1, 0.15) is 0 Å². The molecule has 0 aliphatic heterocycles. The molecule has 0 radical (unpaired) electrons. The van der Waals surface area contributed by atoms with Gasteiger partial charge in [-0.25, -0.2) is 0 Å². The zero-order chi connectivity index (χ0) is 5.58. The summed E-state index contributed by atoms with van der Waals surface area (Å²) in [6, 6.07) is 0. The van der Waals surface area contributed by atoms with E-state index in [0.717, 1.165) is 0 Å². The summed E-state index contributed by atoms with van der Waals surface area (Å²) in [6.45, 7) is 0. The number of hydrogen-bond donors (Lipinski definition) is 2. The van der Waals surface area contributed by atoms with E-state index in [2.05, 4.69) is 11.7 Å². The van der Waals surface area contributed by atoms with Gasteiger partial charge in [0.25, 0.3) is 0 Å². The Morgan fingerprint density at radius 3 is 1.33 bits per heavy atom. The van der Waals surface area contributed by atoms with Crippen LogP contribution in [-0.4, -0.2) is 17.1 Å². The second-order valence-electron chi connectivity index (χ2n) is 0.742. The molecule has 0 heterocycles. The maximum absolute atomic E-state index is 9.56. The van der Waals surface area contributed by atoms with Crippen molar-refractivity contribution in [2.45, 2.75) is 0 Å². The van der Waals surface area contributed by atoms with Gasteiger partial charge in [-0.2, -0.15) is 0 Å². The number of hydrogen-bond acceptors (Lipinski definition) is 3. The summed E-state index contributed by atoms with van der Waals surface area (Å²) in [5.74, 6) is 8.00. The van der Waals surface area contributed by atoms with Crippen molar-refractivity contribution in [3.05, 3.63) is 0 Å². The number of rotatable bonds is 0. The third kappa shape index (κ3) is 834. The van der Waals surface area contributed by atoms with Crippen LogP contribution in [0.2, 0.25) is 0 Å². The zero-order valence-corrected chi connectivity index (χ0v) is 4.79. The highest BCUT2D eigenvalue weighted by atomic mass is 32.2. The van der Waals surface area contributed by atoms with Crippen molar-refractivity contribution in [1.82, 2.24) is 0 Å². The van der Waals surface area contributed by atoms with Gasteiger partial charge in [-0.15, -0.1) is 0 Å².